The normalized spacial score (nSPS) is 18.6. The molecule has 1 aromatic rings. The zero-order valence-electron chi connectivity index (χ0n) is 8.55. The van der Waals surface area contributed by atoms with E-state index in [2.05, 4.69) is 56.7 Å². The van der Waals surface area contributed by atoms with Crippen LogP contribution >= 0.6 is 38.5 Å². The summed E-state index contributed by atoms with van der Waals surface area (Å²) in [6.07, 6.45) is 5.29. The molecule has 0 heterocycles. The number of hydrogen-bond donors (Lipinski definition) is 1. The molecular weight excluding hydrogens is 365 g/mol. The summed E-state index contributed by atoms with van der Waals surface area (Å²) in [6.45, 7) is 0. The first-order valence-corrected chi connectivity index (χ1v) is 7.24. The van der Waals surface area contributed by atoms with Crippen LogP contribution < -0.4 is 5.73 Å². The number of nitrogens with two attached hydrogens (primary N) is 1. The monoisotopic (exact) mass is 379 g/mol. The van der Waals surface area contributed by atoms with Gasteiger partial charge in [-0.05, 0) is 58.7 Å². The van der Waals surface area contributed by atoms with E-state index in [9.17, 15) is 0 Å². The number of hydrogen-bond acceptors (Lipinski definition) is 1. The molecule has 0 radical (unpaired) electrons. The maximum Gasteiger partial charge on any atom is 0.0308 e. The van der Waals surface area contributed by atoms with Gasteiger partial charge in [-0.25, -0.2) is 0 Å². The van der Waals surface area contributed by atoms with Gasteiger partial charge in [-0.15, -0.1) is 0 Å². The molecule has 1 aliphatic rings. The third kappa shape index (κ3) is 2.94. The van der Waals surface area contributed by atoms with E-state index >= 15 is 0 Å². The van der Waals surface area contributed by atoms with Gasteiger partial charge < -0.3 is 5.73 Å². The maximum absolute atomic E-state index is 6.25. The minimum atomic E-state index is 0.208. The van der Waals surface area contributed by atoms with Crippen LogP contribution in [0.2, 0.25) is 0 Å². The standard InChI is InChI=1S/C12H15BrIN/c13-9-4-5-11(14)10(7-9)12(15)6-8-2-1-3-8/h4-5,7-8,12H,1-3,6,15H2. The zero-order chi connectivity index (χ0) is 10.8. The molecule has 2 rings (SSSR count). The number of rotatable bonds is 3. The highest BCUT2D eigenvalue weighted by Crippen LogP contribution is 2.35. The first kappa shape index (κ1) is 11.9. The Hall–Kier alpha value is 0.390. The average molecular weight is 380 g/mol. The SMILES string of the molecule is NC(CC1CCC1)c1cc(Br)ccc1I. The highest BCUT2D eigenvalue weighted by atomic mass is 127. The lowest BCUT2D eigenvalue weighted by molar-refractivity contribution is 0.277. The summed E-state index contributed by atoms with van der Waals surface area (Å²) >= 11 is 5.87. The van der Waals surface area contributed by atoms with Crippen molar-refractivity contribution in [2.45, 2.75) is 31.7 Å². The van der Waals surface area contributed by atoms with E-state index in [1.165, 1.54) is 28.4 Å². The molecule has 1 aromatic carbocycles. The number of halogens is 2. The predicted molar refractivity (Wildman–Crippen MR) is 75.7 cm³/mol. The Morgan fingerprint density at radius 1 is 1.47 bits per heavy atom. The minimum Gasteiger partial charge on any atom is -0.324 e. The predicted octanol–water partition coefficient (Wildman–Crippen LogP) is 4.24. The van der Waals surface area contributed by atoms with Crippen LogP contribution in [-0.2, 0) is 0 Å². The molecule has 0 bridgehead atoms. The van der Waals surface area contributed by atoms with E-state index in [1.807, 2.05) is 0 Å². The summed E-state index contributed by atoms with van der Waals surface area (Å²) in [4.78, 5) is 0. The summed E-state index contributed by atoms with van der Waals surface area (Å²) in [5.74, 6) is 0.870. The molecule has 1 nitrogen and oxygen atoms in total. The van der Waals surface area contributed by atoms with Crippen LogP contribution in [0, 0.1) is 9.49 Å². The van der Waals surface area contributed by atoms with E-state index in [0.717, 1.165) is 16.8 Å². The molecule has 1 atom stereocenters. The lowest BCUT2D eigenvalue weighted by Gasteiger charge is -2.28. The van der Waals surface area contributed by atoms with E-state index in [1.54, 1.807) is 0 Å². The van der Waals surface area contributed by atoms with Crippen molar-refractivity contribution in [2.24, 2.45) is 11.7 Å². The van der Waals surface area contributed by atoms with E-state index in [-0.39, 0.29) is 6.04 Å². The Bertz CT molecular complexity index is 349. The van der Waals surface area contributed by atoms with Crippen LogP contribution in [0.5, 0.6) is 0 Å². The van der Waals surface area contributed by atoms with E-state index in [4.69, 9.17) is 5.73 Å². The maximum atomic E-state index is 6.25. The fourth-order valence-electron chi connectivity index (χ4n) is 2.01. The molecule has 2 N–H and O–H groups in total. The topological polar surface area (TPSA) is 26.0 Å². The van der Waals surface area contributed by atoms with Gasteiger partial charge in [-0.1, -0.05) is 35.2 Å². The molecule has 82 valence electrons. The highest BCUT2D eigenvalue weighted by molar-refractivity contribution is 14.1. The van der Waals surface area contributed by atoms with E-state index < -0.39 is 0 Å². The van der Waals surface area contributed by atoms with Crippen molar-refractivity contribution >= 4 is 38.5 Å². The van der Waals surface area contributed by atoms with Gasteiger partial charge in [0.05, 0.1) is 0 Å². The second-order valence-corrected chi connectivity index (χ2v) is 6.38. The van der Waals surface area contributed by atoms with Crippen LogP contribution in [0.1, 0.15) is 37.3 Å². The molecule has 0 aromatic heterocycles. The number of benzene rings is 1. The van der Waals surface area contributed by atoms with Gasteiger partial charge in [-0.2, -0.15) is 0 Å². The van der Waals surface area contributed by atoms with Crippen molar-refractivity contribution in [1.82, 2.24) is 0 Å². The second-order valence-electron chi connectivity index (χ2n) is 4.30. The molecule has 0 aliphatic heterocycles. The van der Waals surface area contributed by atoms with Crippen molar-refractivity contribution in [3.8, 4) is 0 Å². The summed E-state index contributed by atoms with van der Waals surface area (Å²) < 4.78 is 2.41. The molecule has 1 unspecified atom stereocenters. The molecule has 0 saturated heterocycles. The highest BCUT2D eigenvalue weighted by Gasteiger charge is 2.21. The molecular formula is C12H15BrIN. The molecule has 1 aliphatic carbocycles. The van der Waals surface area contributed by atoms with Crippen LogP contribution in [0.25, 0.3) is 0 Å². The second kappa shape index (κ2) is 5.15. The van der Waals surface area contributed by atoms with Gasteiger partial charge in [0.25, 0.3) is 0 Å². The third-order valence-electron chi connectivity index (χ3n) is 3.17. The van der Waals surface area contributed by atoms with Crippen molar-refractivity contribution in [1.29, 1.82) is 0 Å². The fourth-order valence-corrected chi connectivity index (χ4v) is 3.13. The molecule has 1 fully saturated rings. The van der Waals surface area contributed by atoms with Crippen molar-refractivity contribution in [3.05, 3.63) is 31.8 Å². The van der Waals surface area contributed by atoms with Gasteiger partial charge in [0.2, 0.25) is 0 Å². The third-order valence-corrected chi connectivity index (χ3v) is 4.65. The zero-order valence-corrected chi connectivity index (χ0v) is 12.3. The fraction of sp³-hybridized carbons (Fsp3) is 0.500. The summed E-state index contributed by atoms with van der Waals surface area (Å²) in [6, 6.07) is 6.56. The van der Waals surface area contributed by atoms with Gasteiger partial charge in [0.1, 0.15) is 0 Å². The summed E-state index contributed by atoms with van der Waals surface area (Å²) in [5.41, 5.74) is 7.54. The Balaban J connectivity index is 2.09. The molecule has 0 amide bonds. The first-order valence-electron chi connectivity index (χ1n) is 5.37. The van der Waals surface area contributed by atoms with Crippen LogP contribution in [0.15, 0.2) is 22.7 Å². The van der Waals surface area contributed by atoms with Gasteiger partial charge in [0, 0.05) is 14.1 Å². The average Bonchev–Trinajstić information content (AvgIpc) is 2.15. The van der Waals surface area contributed by atoms with Gasteiger partial charge in [-0.3, -0.25) is 0 Å². The Kier molecular flexibility index (Phi) is 4.07. The summed E-state index contributed by atoms with van der Waals surface area (Å²) in [5, 5.41) is 0. The smallest absolute Gasteiger partial charge is 0.0308 e. The van der Waals surface area contributed by atoms with Gasteiger partial charge in [0.15, 0.2) is 0 Å². The van der Waals surface area contributed by atoms with Crippen LogP contribution in [0.3, 0.4) is 0 Å². The Morgan fingerprint density at radius 2 is 2.20 bits per heavy atom. The van der Waals surface area contributed by atoms with E-state index in [0.29, 0.717) is 0 Å². The Morgan fingerprint density at radius 3 is 2.80 bits per heavy atom. The largest absolute Gasteiger partial charge is 0.324 e. The van der Waals surface area contributed by atoms with Crippen molar-refractivity contribution in [2.75, 3.05) is 0 Å². The van der Waals surface area contributed by atoms with Crippen molar-refractivity contribution < 1.29 is 0 Å². The quantitative estimate of drug-likeness (QED) is 0.781. The minimum absolute atomic E-state index is 0.208. The van der Waals surface area contributed by atoms with Crippen LogP contribution in [-0.4, -0.2) is 0 Å². The lowest BCUT2D eigenvalue weighted by atomic mass is 9.80. The van der Waals surface area contributed by atoms with Crippen molar-refractivity contribution in [3.63, 3.8) is 0 Å². The Labute approximate surface area is 113 Å². The lowest BCUT2D eigenvalue weighted by Crippen LogP contribution is -2.20. The van der Waals surface area contributed by atoms with Crippen LogP contribution in [0.4, 0.5) is 0 Å². The summed E-state index contributed by atoms with van der Waals surface area (Å²) in [7, 11) is 0. The molecule has 0 spiro atoms. The molecule has 1 saturated carbocycles. The first-order chi connectivity index (χ1) is 7.16. The molecule has 15 heavy (non-hydrogen) atoms. The molecule has 3 heteroatoms. The van der Waals surface area contributed by atoms with Gasteiger partial charge >= 0.3 is 0 Å².